The fourth-order valence-electron chi connectivity index (χ4n) is 1.82. The van der Waals surface area contributed by atoms with Crippen molar-refractivity contribution >= 4 is 40.7 Å². The molecular weight excluding hydrogens is 323 g/mol. The van der Waals surface area contributed by atoms with E-state index in [0.29, 0.717) is 27.7 Å². The Bertz CT molecular complexity index is 700. The van der Waals surface area contributed by atoms with Crippen molar-refractivity contribution in [2.75, 3.05) is 12.4 Å². The number of carbonyl (C=O) groups is 2. The number of hydrogen-bond donors (Lipinski definition) is 2. The van der Waals surface area contributed by atoms with Gasteiger partial charge in [0, 0.05) is 18.3 Å². The van der Waals surface area contributed by atoms with Gasteiger partial charge in [-0.2, -0.15) is 0 Å². The molecule has 0 aliphatic rings. The van der Waals surface area contributed by atoms with E-state index >= 15 is 0 Å². The molecule has 0 atom stereocenters. The number of carbonyl (C=O) groups excluding carboxylic acids is 2. The molecule has 0 heterocycles. The monoisotopic (exact) mass is 336 g/mol. The summed E-state index contributed by atoms with van der Waals surface area (Å²) in [6.07, 6.45) is 0.303. The topological polar surface area (TPSA) is 58.2 Å². The Labute approximate surface area is 138 Å². The van der Waals surface area contributed by atoms with Crippen LogP contribution in [0.3, 0.4) is 0 Å². The van der Waals surface area contributed by atoms with Crippen LogP contribution in [0.2, 0.25) is 10.0 Å². The van der Waals surface area contributed by atoms with Crippen LogP contribution in [0.15, 0.2) is 42.5 Å². The first-order valence-corrected chi connectivity index (χ1v) is 7.31. The molecule has 0 aliphatic heterocycles. The fourth-order valence-corrected chi connectivity index (χ4v) is 2.12. The highest BCUT2D eigenvalue weighted by atomic mass is 35.5. The van der Waals surface area contributed by atoms with Crippen LogP contribution >= 0.6 is 23.2 Å². The summed E-state index contributed by atoms with van der Waals surface area (Å²) < 4.78 is 0. The second-order valence-corrected chi connectivity index (χ2v) is 5.44. The van der Waals surface area contributed by atoms with Crippen LogP contribution in [0.1, 0.15) is 15.9 Å². The van der Waals surface area contributed by atoms with Gasteiger partial charge in [-0.3, -0.25) is 9.59 Å². The minimum absolute atomic E-state index is 0.0624. The van der Waals surface area contributed by atoms with Gasteiger partial charge in [-0.15, -0.1) is 0 Å². The Morgan fingerprint density at radius 1 is 1.00 bits per heavy atom. The maximum Gasteiger partial charge on any atom is 0.255 e. The highest BCUT2D eigenvalue weighted by Gasteiger charge is 2.09. The maximum absolute atomic E-state index is 12.1. The van der Waals surface area contributed by atoms with Crippen LogP contribution in [0.4, 0.5) is 5.69 Å². The van der Waals surface area contributed by atoms with E-state index in [1.165, 1.54) is 6.07 Å². The van der Waals surface area contributed by atoms with Gasteiger partial charge in [-0.05, 0) is 35.9 Å². The van der Waals surface area contributed by atoms with Crippen molar-refractivity contribution < 1.29 is 9.59 Å². The molecule has 0 saturated heterocycles. The molecule has 0 spiro atoms. The van der Waals surface area contributed by atoms with E-state index < -0.39 is 0 Å². The van der Waals surface area contributed by atoms with Gasteiger partial charge in [-0.25, -0.2) is 0 Å². The first-order valence-electron chi connectivity index (χ1n) is 6.55. The number of halogens is 2. The maximum atomic E-state index is 12.1. The van der Waals surface area contributed by atoms with Crippen LogP contribution in [0.5, 0.6) is 0 Å². The highest BCUT2D eigenvalue weighted by molar-refractivity contribution is 6.42. The molecule has 0 saturated carbocycles. The number of rotatable bonds is 4. The second kappa shape index (κ2) is 7.29. The minimum atomic E-state index is -0.280. The van der Waals surface area contributed by atoms with Crippen LogP contribution in [-0.4, -0.2) is 18.9 Å². The Morgan fingerprint density at radius 2 is 1.68 bits per heavy atom. The minimum Gasteiger partial charge on any atom is -0.359 e. The molecule has 114 valence electrons. The number of benzene rings is 2. The van der Waals surface area contributed by atoms with Crippen molar-refractivity contribution in [2.45, 2.75) is 6.42 Å². The molecule has 2 aromatic rings. The molecular formula is C16H14Cl2N2O2. The summed E-state index contributed by atoms with van der Waals surface area (Å²) in [6.45, 7) is 0. The zero-order chi connectivity index (χ0) is 16.1. The van der Waals surface area contributed by atoms with Gasteiger partial charge in [-0.1, -0.05) is 35.3 Å². The Morgan fingerprint density at radius 3 is 2.27 bits per heavy atom. The molecule has 0 aromatic heterocycles. The molecule has 22 heavy (non-hydrogen) atoms. The quantitative estimate of drug-likeness (QED) is 0.897. The van der Waals surface area contributed by atoms with Crippen molar-refractivity contribution in [2.24, 2.45) is 0 Å². The van der Waals surface area contributed by atoms with Gasteiger partial charge in [0.1, 0.15) is 0 Å². The van der Waals surface area contributed by atoms with Crippen LogP contribution < -0.4 is 10.6 Å². The van der Waals surface area contributed by atoms with Crippen LogP contribution in [0, 0.1) is 0 Å². The SMILES string of the molecule is CNC(=O)Cc1ccc(NC(=O)c2ccc(Cl)c(Cl)c2)cc1. The first kappa shape index (κ1) is 16.3. The third kappa shape index (κ3) is 4.23. The lowest BCUT2D eigenvalue weighted by molar-refractivity contribution is -0.119. The summed E-state index contributed by atoms with van der Waals surface area (Å²) in [5.74, 6) is -0.342. The Hall–Kier alpha value is -2.04. The third-order valence-corrected chi connectivity index (χ3v) is 3.78. The average molecular weight is 337 g/mol. The van der Waals surface area contributed by atoms with Crippen molar-refractivity contribution in [3.8, 4) is 0 Å². The normalized spacial score (nSPS) is 10.1. The molecule has 2 aromatic carbocycles. The number of anilines is 1. The predicted molar refractivity (Wildman–Crippen MR) is 88.6 cm³/mol. The molecule has 0 radical (unpaired) electrons. The predicted octanol–water partition coefficient (Wildman–Crippen LogP) is 3.53. The van der Waals surface area contributed by atoms with E-state index in [-0.39, 0.29) is 11.8 Å². The van der Waals surface area contributed by atoms with Gasteiger partial charge < -0.3 is 10.6 Å². The largest absolute Gasteiger partial charge is 0.359 e. The van der Waals surface area contributed by atoms with E-state index in [4.69, 9.17) is 23.2 Å². The molecule has 0 fully saturated rings. The molecule has 4 nitrogen and oxygen atoms in total. The van der Waals surface area contributed by atoms with Gasteiger partial charge in [0.25, 0.3) is 5.91 Å². The van der Waals surface area contributed by atoms with Gasteiger partial charge in [0.15, 0.2) is 0 Å². The Balaban J connectivity index is 2.05. The van der Waals surface area contributed by atoms with E-state index in [1.807, 2.05) is 0 Å². The van der Waals surface area contributed by atoms with Crippen LogP contribution in [-0.2, 0) is 11.2 Å². The Kier molecular flexibility index (Phi) is 5.41. The zero-order valence-electron chi connectivity index (χ0n) is 11.8. The smallest absolute Gasteiger partial charge is 0.255 e. The number of amides is 2. The standard InChI is InChI=1S/C16H14Cl2N2O2/c1-19-15(21)8-10-2-5-12(6-3-10)20-16(22)11-4-7-13(17)14(18)9-11/h2-7,9H,8H2,1H3,(H,19,21)(H,20,22). The van der Waals surface area contributed by atoms with Gasteiger partial charge in [0.05, 0.1) is 16.5 Å². The van der Waals surface area contributed by atoms with E-state index in [0.717, 1.165) is 5.56 Å². The molecule has 0 unspecified atom stereocenters. The molecule has 0 aliphatic carbocycles. The van der Waals surface area contributed by atoms with Crippen molar-refractivity contribution in [1.82, 2.24) is 5.32 Å². The zero-order valence-corrected chi connectivity index (χ0v) is 13.3. The number of likely N-dealkylation sites (N-methyl/N-ethyl adjacent to an activating group) is 1. The summed E-state index contributed by atoms with van der Waals surface area (Å²) in [6, 6.07) is 11.8. The average Bonchev–Trinajstić information content (AvgIpc) is 2.51. The first-order chi connectivity index (χ1) is 10.5. The highest BCUT2D eigenvalue weighted by Crippen LogP contribution is 2.23. The summed E-state index contributed by atoms with van der Waals surface area (Å²) in [4.78, 5) is 23.4. The summed E-state index contributed by atoms with van der Waals surface area (Å²) in [5, 5.41) is 6.05. The fraction of sp³-hybridized carbons (Fsp3) is 0.125. The summed E-state index contributed by atoms with van der Waals surface area (Å²) in [5.41, 5.74) is 1.92. The number of hydrogen-bond acceptors (Lipinski definition) is 2. The third-order valence-electron chi connectivity index (χ3n) is 3.04. The molecule has 2 amide bonds. The van der Waals surface area contributed by atoms with Gasteiger partial charge >= 0.3 is 0 Å². The summed E-state index contributed by atoms with van der Waals surface area (Å²) in [7, 11) is 1.59. The van der Waals surface area contributed by atoms with E-state index in [2.05, 4.69) is 10.6 Å². The molecule has 6 heteroatoms. The number of nitrogens with one attached hydrogen (secondary N) is 2. The lowest BCUT2D eigenvalue weighted by Crippen LogP contribution is -2.19. The molecule has 0 bridgehead atoms. The lowest BCUT2D eigenvalue weighted by atomic mass is 10.1. The summed E-state index contributed by atoms with van der Waals surface area (Å²) >= 11 is 11.7. The van der Waals surface area contributed by atoms with E-state index in [1.54, 1.807) is 43.4 Å². The van der Waals surface area contributed by atoms with Crippen LogP contribution in [0.25, 0.3) is 0 Å². The van der Waals surface area contributed by atoms with Crippen molar-refractivity contribution in [3.63, 3.8) is 0 Å². The second-order valence-electron chi connectivity index (χ2n) is 4.63. The van der Waals surface area contributed by atoms with Crippen molar-refractivity contribution in [1.29, 1.82) is 0 Å². The van der Waals surface area contributed by atoms with E-state index in [9.17, 15) is 9.59 Å². The lowest BCUT2D eigenvalue weighted by Gasteiger charge is -2.07. The van der Waals surface area contributed by atoms with Crippen molar-refractivity contribution in [3.05, 3.63) is 63.6 Å². The molecule has 2 N–H and O–H groups in total. The van der Waals surface area contributed by atoms with Gasteiger partial charge in [0.2, 0.25) is 5.91 Å². The molecule has 2 rings (SSSR count).